The molecule has 0 aromatic heterocycles. The maximum absolute atomic E-state index is 2.75. The van der Waals surface area contributed by atoms with Gasteiger partial charge in [0.1, 0.15) is 0 Å². The lowest BCUT2D eigenvalue weighted by atomic mass is 9.33. The highest BCUT2D eigenvalue weighted by Crippen LogP contribution is 2.66. The number of nitrogens with zero attached hydrogens (tertiary/aromatic N) is 3. The standard InChI is InChI=1S/C72H70BN3/c1-68(2,3)51-32-36-60(55(42-51)48-25-17-13-18-26-48)74-63-35-31-50(47-23-15-12-16-24-47)41-58(63)73-59-44-53(70(7,8)9)34-38-64(59)75(61-37-33-52(69(4,5)6)43-56(61)49-27-19-14-20-28-49)66-46-54(45-65(74)67(66)73)76-62-30-22-21-29-57(62)71(10)39-40-72(71,76)11/h12-38,41-46H,39-40H2,1-11H3. The van der Waals surface area contributed by atoms with Gasteiger partial charge in [0.05, 0.1) is 16.9 Å². The lowest BCUT2D eigenvalue weighted by Crippen LogP contribution is -2.62. The van der Waals surface area contributed by atoms with E-state index >= 15 is 0 Å². The molecule has 0 radical (unpaired) electrons. The zero-order chi connectivity index (χ0) is 52.7. The van der Waals surface area contributed by atoms with Crippen molar-refractivity contribution in [3.8, 4) is 33.4 Å². The van der Waals surface area contributed by atoms with E-state index in [1.807, 2.05) is 0 Å². The maximum Gasteiger partial charge on any atom is 0.252 e. The van der Waals surface area contributed by atoms with Crippen LogP contribution in [-0.4, -0.2) is 12.3 Å². The van der Waals surface area contributed by atoms with Gasteiger partial charge >= 0.3 is 0 Å². The monoisotopic (exact) mass is 988 g/mol. The van der Waals surface area contributed by atoms with Crippen molar-refractivity contribution in [2.24, 2.45) is 0 Å². The highest BCUT2D eigenvalue weighted by molar-refractivity contribution is 7.00. The van der Waals surface area contributed by atoms with Gasteiger partial charge in [-0.3, -0.25) is 0 Å². The summed E-state index contributed by atoms with van der Waals surface area (Å²) in [6, 6.07) is 77.0. The quantitative estimate of drug-likeness (QED) is 0.154. The van der Waals surface area contributed by atoms with Crippen LogP contribution < -0.4 is 31.1 Å². The summed E-state index contributed by atoms with van der Waals surface area (Å²) in [6.07, 6.45) is 2.28. The first-order valence-corrected chi connectivity index (χ1v) is 27.8. The Labute approximate surface area is 453 Å². The summed E-state index contributed by atoms with van der Waals surface area (Å²) in [6.45, 7) is 26.0. The van der Waals surface area contributed by atoms with Crippen LogP contribution in [0.3, 0.4) is 0 Å². The normalized spacial score (nSPS) is 18.4. The smallest absolute Gasteiger partial charge is 0.252 e. The van der Waals surface area contributed by atoms with Gasteiger partial charge in [-0.25, -0.2) is 0 Å². The molecule has 4 aliphatic rings. The van der Waals surface area contributed by atoms with Gasteiger partial charge < -0.3 is 14.7 Å². The SMILES string of the molecule is CC(C)(C)c1ccc2c(c1)B1c3cc(-c4ccccc4)ccc3N(c3ccc(C(C)(C)C)cc3-c3ccccc3)c3cc(N4c5ccccc5C5(C)CCC45C)cc(c31)N2c1ccc(C(C)(C)C)cc1-c1ccccc1. The molecule has 0 bridgehead atoms. The minimum absolute atomic E-state index is 0.0154. The van der Waals surface area contributed by atoms with Crippen LogP contribution in [0, 0.1) is 0 Å². The first kappa shape index (κ1) is 48.1. The molecule has 2 unspecified atom stereocenters. The second-order valence-electron chi connectivity index (χ2n) is 25.8. The summed E-state index contributed by atoms with van der Waals surface area (Å²) < 4.78 is 0. The molecule has 3 heterocycles. The number of para-hydroxylation sites is 1. The van der Waals surface area contributed by atoms with Crippen molar-refractivity contribution in [1.82, 2.24) is 0 Å². The third kappa shape index (κ3) is 7.30. The Bertz CT molecular complexity index is 3750. The Morgan fingerprint density at radius 2 is 0.803 bits per heavy atom. The third-order valence-electron chi connectivity index (χ3n) is 18.2. The Morgan fingerprint density at radius 3 is 1.29 bits per heavy atom. The number of benzene rings is 9. The van der Waals surface area contributed by atoms with E-state index < -0.39 is 0 Å². The van der Waals surface area contributed by atoms with E-state index in [0.717, 1.165) is 12.8 Å². The summed E-state index contributed by atoms with van der Waals surface area (Å²) in [5.41, 5.74) is 26.1. The van der Waals surface area contributed by atoms with E-state index in [2.05, 4.69) is 291 Å². The fourth-order valence-electron chi connectivity index (χ4n) is 13.5. The van der Waals surface area contributed by atoms with Crippen LogP contribution in [0.2, 0.25) is 0 Å². The fraction of sp³-hybridized carbons (Fsp3) is 0.250. The molecule has 13 rings (SSSR count). The largest absolute Gasteiger partial charge is 0.334 e. The highest BCUT2D eigenvalue weighted by Gasteiger charge is 2.63. The molecule has 0 N–H and O–H groups in total. The molecule has 1 aliphatic carbocycles. The number of hydrogen-bond donors (Lipinski definition) is 0. The Kier molecular flexibility index (Phi) is 10.7. The summed E-state index contributed by atoms with van der Waals surface area (Å²) in [7, 11) is 0. The molecule has 9 aromatic rings. The molecule has 1 saturated carbocycles. The summed E-state index contributed by atoms with van der Waals surface area (Å²) >= 11 is 0. The van der Waals surface area contributed by atoms with E-state index in [1.165, 1.54) is 118 Å². The van der Waals surface area contributed by atoms with Gasteiger partial charge in [-0.2, -0.15) is 0 Å². The molecule has 9 aromatic carbocycles. The van der Waals surface area contributed by atoms with E-state index in [4.69, 9.17) is 0 Å². The number of fused-ring (bicyclic) bond motifs is 7. The van der Waals surface area contributed by atoms with Crippen molar-refractivity contribution < 1.29 is 0 Å². The zero-order valence-electron chi connectivity index (χ0n) is 46.4. The Morgan fingerprint density at radius 1 is 0.368 bits per heavy atom. The van der Waals surface area contributed by atoms with E-state index in [0.29, 0.717) is 0 Å². The molecular formula is C72H70BN3. The molecule has 4 heteroatoms. The third-order valence-corrected chi connectivity index (χ3v) is 18.2. The lowest BCUT2D eigenvalue weighted by molar-refractivity contribution is 0.133. The minimum atomic E-state index is -0.120. The van der Waals surface area contributed by atoms with Gasteiger partial charge in [0.25, 0.3) is 6.71 Å². The van der Waals surface area contributed by atoms with Crippen LogP contribution >= 0.6 is 0 Å². The van der Waals surface area contributed by atoms with Crippen molar-refractivity contribution in [3.63, 3.8) is 0 Å². The predicted molar refractivity (Wildman–Crippen MR) is 326 cm³/mol. The van der Waals surface area contributed by atoms with Gasteiger partial charge in [-0.05, 0) is 152 Å². The topological polar surface area (TPSA) is 9.72 Å². The highest BCUT2D eigenvalue weighted by atomic mass is 15.3. The van der Waals surface area contributed by atoms with Crippen LogP contribution in [0.1, 0.15) is 111 Å². The number of anilines is 8. The first-order valence-electron chi connectivity index (χ1n) is 27.8. The van der Waals surface area contributed by atoms with Gasteiger partial charge in [-0.1, -0.05) is 215 Å². The van der Waals surface area contributed by atoms with Crippen molar-refractivity contribution in [2.45, 2.75) is 116 Å². The van der Waals surface area contributed by atoms with Crippen molar-refractivity contribution in [2.75, 3.05) is 14.7 Å². The van der Waals surface area contributed by atoms with E-state index in [9.17, 15) is 0 Å². The lowest BCUT2D eigenvalue weighted by Gasteiger charge is -2.56. The van der Waals surface area contributed by atoms with Gasteiger partial charge in [0.15, 0.2) is 0 Å². The van der Waals surface area contributed by atoms with Crippen molar-refractivity contribution in [1.29, 1.82) is 0 Å². The van der Waals surface area contributed by atoms with Crippen LogP contribution in [0.15, 0.2) is 200 Å². The predicted octanol–water partition coefficient (Wildman–Crippen LogP) is 17.6. The molecule has 3 aliphatic heterocycles. The zero-order valence-corrected chi connectivity index (χ0v) is 46.4. The Hall–Kier alpha value is -7.56. The first-order chi connectivity index (χ1) is 36.3. The molecule has 0 amide bonds. The molecular weight excluding hydrogens is 918 g/mol. The Balaban J connectivity index is 1.20. The minimum Gasteiger partial charge on any atom is -0.334 e. The van der Waals surface area contributed by atoms with Gasteiger partial charge in [-0.15, -0.1) is 0 Å². The van der Waals surface area contributed by atoms with Gasteiger partial charge in [0, 0.05) is 50.7 Å². The van der Waals surface area contributed by atoms with Crippen molar-refractivity contribution in [3.05, 3.63) is 222 Å². The van der Waals surface area contributed by atoms with Crippen LogP contribution in [0.4, 0.5) is 45.5 Å². The average Bonchev–Trinajstić information content (AvgIpc) is 3.65. The molecule has 3 nitrogen and oxygen atoms in total. The maximum atomic E-state index is 2.75. The molecule has 2 atom stereocenters. The second kappa shape index (κ2) is 17.0. The summed E-state index contributed by atoms with van der Waals surface area (Å²) in [5, 5.41) is 0. The molecule has 1 fully saturated rings. The van der Waals surface area contributed by atoms with E-state index in [-0.39, 0.29) is 33.9 Å². The summed E-state index contributed by atoms with van der Waals surface area (Å²) in [4.78, 5) is 8.09. The van der Waals surface area contributed by atoms with Gasteiger partial charge in [0.2, 0.25) is 0 Å². The fourth-order valence-corrected chi connectivity index (χ4v) is 13.5. The van der Waals surface area contributed by atoms with Crippen LogP contribution in [0.25, 0.3) is 33.4 Å². The average molecular weight is 988 g/mol. The molecule has 0 saturated heterocycles. The number of rotatable bonds is 6. The molecule has 376 valence electrons. The summed E-state index contributed by atoms with van der Waals surface area (Å²) in [5.74, 6) is 0. The van der Waals surface area contributed by atoms with Crippen LogP contribution in [-0.2, 0) is 21.7 Å². The second-order valence-corrected chi connectivity index (χ2v) is 25.8. The van der Waals surface area contributed by atoms with Crippen LogP contribution in [0.5, 0.6) is 0 Å². The molecule has 0 spiro atoms. The number of hydrogen-bond acceptors (Lipinski definition) is 3. The van der Waals surface area contributed by atoms with E-state index in [1.54, 1.807) is 0 Å². The van der Waals surface area contributed by atoms with Crippen molar-refractivity contribution >= 4 is 68.6 Å². The molecule has 76 heavy (non-hydrogen) atoms.